The first-order valence-electron chi connectivity index (χ1n) is 6.71. The van der Waals surface area contributed by atoms with Gasteiger partial charge < -0.3 is 10.1 Å². The minimum Gasteiger partial charge on any atom is -0.380 e. The second-order valence-electron chi connectivity index (χ2n) is 4.95. The maximum Gasteiger partial charge on any atom is 0.257 e. The van der Waals surface area contributed by atoms with Crippen LogP contribution in [0.1, 0.15) is 25.8 Å². The Morgan fingerprint density at radius 1 is 1.40 bits per heavy atom. The van der Waals surface area contributed by atoms with Crippen molar-refractivity contribution in [3.63, 3.8) is 0 Å². The van der Waals surface area contributed by atoms with Gasteiger partial charge in [0, 0.05) is 25.3 Å². The van der Waals surface area contributed by atoms with Crippen LogP contribution in [0.3, 0.4) is 0 Å². The molecule has 0 aromatic carbocycles. The Labute approximate surface area is 120 Å². The normalized spacial score (nSPS) is 12.2. The molecular weight excluding hydrogens is 280 g/mol. The summed E-state index contributed by atoms with van der Waals surface area (Å²) >= 11 is 0. The Hall–Kier alpha value is -0.960. The van der Waals surface area contributed by atoms with E-state index in [1.165, 1.54) is 6.20 Å². The Bertz CT molecular complexity index is 485. The van der Waals surface area contributed by atoms with Gasteiger partial charge in [-0.2, -0.15) is 5.10 Å². The van der Waals surface area contributed by atoms with Crippen molar-refractivity contribution < 1.29 is 13.2 Å². The summed E-state index contributed by atoms with van der Waals surface area (Å²) in [5.41, 5.74) is 0.612. The lowest BCUT2D eigenvalue weighted by Crippen LogP contribution is -2.29. The number of rotatable bonds is 10. The monoisotopic (exact) mass is 304 g/mol. The Kier molecular flexibility index (Phi) is 7.14. The Balaban J connectivity index is 2.40. The molecule has 3 N–H and O–H groups in total. The molecule has 116 valence electrons. The molecule has 0 unspecified atom stereocenters. The van der Waals surface area contributed by atoms with Gasteiger partial charge in [0.2, 0.25) is 0 Å². The second-order valence-corrected chi connectivity index (χ2v) is 6.65. The van der Waals surface area contributed by atoms with Crippen LogP contribution in [0, 0.1) is 5.92 Å². The van der Waals surface area contributed by atoms with Crippen LogP contribution in [0.5, 0.6) is 0 Å². The molecular formula is C12H24N4O3S. The predicted molar refractivity (Wildman–Crippen MR) is 76.8 cm³/mol. The summed E-state index contributed by atoms with van der Waals surface area (Å²) in [6, 6.07) is 0. The van der Waals surface area contributed by atoms with E-state index in [0.717, 1.165) is 6.42 Å². The van der Waals surface area contributed by atoms with Gasteiger partial charge in [0.15, 0.2) is 5.03 Å². The van der Waals surface area contributed by atoms with Crippen molar-refractivity contribution in [2.45, 2.75) is 31.8 Å². The topological polar surface area (TPSA) is 96.1 Å². The van der Waals surface area contributed by atoms with Crippen LogP contribution in [0.15, 0.2) is 11.2 Å². The SMILES string of the molecule is CNCc1cn[nH]c1S(=O)(=O)NCCOCCC(C)C. The van der Waals surface area contributed by atoms with Crippen LogP contribution < -0.4 is 10.0 Å². The van der Waals surface area contributed by atoms with Gasteiger partial charge >= 0.3 is 0 Å². The van der Waals surface area contributed by atoms with Gasteiger partial charge in [0.05, 0.1) is 12.8 Å². The molecule has 0 aliphatic carbocycles. The highest BCUT2D eigenvalue weighted by Crippen LogP contribution is 2.10. The van der Waals surface area contributed by atoms with Gasteiger partial charge in [-0.1, -0.05) is 13.8 Å². The minimum absolute atomic E-state index is 0.106. The molecule has 1 heterocycles. The fourth-order valence-corrected chi connectivity index (χ4v) is 2.73. The summed E-state index contributed by atoms with van der Waals surface area (Å²) in [6.07, 6.45) is 2.48. The molecule has 0 spiro atoms. The molecule has 0 aliphatic rings. The van der Waals surface area contributed by atoms with Gasteiger partial charge in [-0.05, 0) is 19.4 Å². The molecule has 0 atom stereocenters. The molecule has 0 bridgehead atoms. The first-order chi connectivity index (χ1) is 9.47. The summed E-state index contributed by atoms with van der Waals surface area (Å²) in [5.74, 6) is 0.584. The molecule has 1 rings (SSSR count). The average molecular weight is 304 g/mol. The number of aromatic nitrogens is 2. The van der Waals surface area contributed by atoms with E-state index >= 15 is 0 Å². The number of hydrogen-bond acceptors (Lipinski definition) is 5. The van der Waals surface area contributed by atoms with E-state index in [1.54, 1.807) is 7.05 Å². The molecule has 8 heteroatoms. The lowest BCUT2D eigenvalue weighted by atomic mass is 10.1. The zero-order chi connectivity index (χ0) is 15.0. The van der Waals surface area contributed by atoms with E-state index < -0.39 is 10.0 Å². The highest BCUT2D eigenvalue weighted by Gasteiger charge is 2.19. The summed E-state index contributed by atoms with van der Waals surface area (Å²) in [4.78, 5) is 0. The van der Waals surface area contributed by atoms with Crippen LogP contribution in [-0.2, 0) is 21.3 Å². The maximum absolute atomic E-state index is 12.1. The molecule has 0 saturated heterocycles. The molecule has 20 heavy (non-hydrogen) atoms. The van der Waals surface area contributed by atoms with Gasteiger partial charge in [-0.15, -0.1) is 0 Å². The zero-order valence-electron chi connectivity index (χ0n) is 12.3. The predicted octanol–water partition coefficient (Wildman–Crippen LogP) is 0.470. The van der Waals surface area contributed by atoms with Crippen LogP contribution in [0.25, 0.3) is 0 Å². The van der Waals surface area contributed by atoms with E-state index in [9.17, 15) is 8.42 Å². The zero-order valence-corrected chi connectivity index (χ0v) is 13.1. The maximum atomic E-state index is 12.1. The van der Waals surface area contributed by atoms with E-state index in [2.05, 4.69) is 34.1 Å². The van der Waals surface area contributed by atoms with Crippen LogP contribution >= 0.6 is 0 Å². The first-order valence-corrected chi connectivity index (χ1v) is 8.20. The molecule has 0 amide bonds. The van der Waals surface area contributed by atoms with Gasteiger partial charge in [-0.3, -0.25) is 5.10 Å². The third-order valence-electron chi connectivity index (χ3n) is 2.69. The molecule has 7 nitrogen and oxygen atoms in total. The Morgan fingerprint density at radius 2 is 2.15 bits per heavy atom. The highest BCUT2D eigenvalue weighted by atomic mass is 32.2. The Morgan fingerprint density at radius 3 is 2.80 bits per heavy atom. The molecule has 0 saturated carbocycles. The van der Waals surface area contributed by atoms with Crippen molar-refractivity contribution in [3.8, 4) is 0 Å². The largest absolute Gasteiger partial charge is 0.380 e. The fraction of sp³-hybridized carbons (Fsp3) is 0.750. The van der Waals surface area contributed by atoms with E-state index in [0.29, 0.717) is 31.2 Å². The standard InChI is InChI=1S/C12H24N4O3S/c1-10(2)4-6-19-7-5-15-20(17,18)12-11(8-13-3)9-14-16-12/h9-10,13,15H,4-8H2,1-3H3,(H,14,16). The summed E-state index contributed by atoms with van der Waals surface area (Å²) in [6.45, 7) is 5.94. The summed E-state index contributed by atoms with van der Waals surface area (Å²) in [5, 5.41) is 9.29. The molecule has 1 aromatic rings. The molecule has 0 radical (unpaired) electrons. The van der Waals surface area contributed by atoms with Crippen LogP contribution in [0.2, 0.25) is 0 Å². The number of nitrogens with one attached hydrogen (secondary N) is 3. The molecule has 0 aliphatic heterocycles. The smallest absolute Gasteiger partial charge is 0.257 e. The quantitative estimate of drug-likeness (QED) is 0.546. The fourth-order valence-electron chi connectivity index (χ4n) is 1.59. The first kappa shape index (κ1) is 17.1. The number of ether oxygens (including phenoxy) is 1. The van der Waals surface area contributed by atoms with E-state index in [1.807, 2.05) is 0 Å². The number of aromatic amines is 1. The van der Waals surface area contributed by atoms with Crippen molar-refractivity contribution in [2.75, 3.05) is 26.8 Å². The van der Waals surface area contributed by atoms with Crippen LogP contribution in [-0.4, -0.2) is 45.4 Å². The van der Waals surface area contributed by atoms with Gasteiger partial charge in [0.25, 0.3) is 10.0 Å². The summed E-state index contributed by atoms with van der Waals surface area (Å²) < 4.78 is 32.0. The third kappa shape index (κ3) is 5.58. The van der Waals surface area contributed by atoms with Crippen molar-refractivity contribution in [3.05, 3.63) is 11.8 Å². The number of hydrogen-bond donors (Lipinski definition) is 3. The van der Waals surface area contributed by atoms with Crippen molar-refractivity contribution in [1.82, 2.24) is 20.2 Å². The minimum atomic E-state index is -3.56. The molecule has 1 aromatic heterocycles. The number of sulfonamides is 1. The second kappa shape index (κ2) is 8.35. The lowest BCUT2D eigenvalue weighted by Gasteiger charge is -2.08. The third-order valence-corrected chi connectivity index (χ3v) is 4.17. The van der Waals surface area contributed by atoms with Crippen molar-refractivity contribution >= 4 is 10.0 Å². The van der Waals surface area contributed by atoms with Gasteiger partial charge in [0.1, 0.15) is 0 Å². The summed E-state index contributed by atoms with van der Waals surface area (Å²) in [7, 11) is -1.81. The van der Waals surface area contributed by atoms with Crippen LogP contribution in [0.4, 0.5) is 0 Å². The highest BCUT2D eigenvalue weighted by molar-refractivity contribution is 7.89. The number of H-pyrrole nitrogens is 1. The van der Waals surface area contributed by atoms with Crippen molar-refractivity contribution in [2.24, 2.45) is 5.92 Å². The average Bonchev–Trinajstić information content (AvgIpc) is 2.83. The molecule has 0 fully saturated rings. The number of nitrogens with zero attached hydrogens (tertiary/aromatic N) is 1. The van der Waals surface area contributed by atoms with E-state index in [-0.39, 0.29) is 11.6 Å². The van der Waals surface area contributed by atoms with Crippen molar-refractivity contribution in [1.29, 1.82) is 0 Å². The van der Waals surface area contributed by atoms with Gasteiger partial charge in [-0.25, -0.2) is 13.1 Å². The van der Waals surface area contributed by atoms with E-state index in [4.69, 9.17) is 4.74 Å². The lowest BCUT2D eigenvalue weighted by molar-refractivity contribution is 0.128.